The van der Waals surface area contributed by atoms with Crippen LogP contribution < -0.4 is 10.5 Å². The van der Waals surface area contributed by atoms with Crippen LogP contribution in [0.15, 0.2) is 35.2 Å². The van der Waals surface area contributed by atoms with E-state index in [0.717, 1.165) is 10.4 Å². The Bertz CT molecular complexity index is 829. The lowest BCUT2D eigenvalue weighted by atomic mass is 9.95. The Morgan fingerprint density at radius 3 is 2.22 bits per heavy atom. The number of rotatable bonds is 4. The summed E-state index contributed by atoms with van der Waals surface area (Å²) in [4.78, 5) is 12.9. The fourth-order valence-electron chi connectivity index (χ4n) is 1.94. The summed E-state index contributed by atoms with van der Waals surface area (Å²) in [5.41, 5.74) is 6.37. The molecule has 124 valence electrons. The minimum absolute atomic E-state index is 0.141. The van der Waals surface area contributed by atoms with Crippen LogP contribution in [0, 0.1) is 6.92 Å². The van der Waals surface area contributed by atoms with Gasteiger partial charge in [-0.05, 0) is 30.5 Å². The number of primary amides is 1. The van der Waals surface area contributed by atoms with E-state index in [1.54, 1.807) is 18.2 Å². The summed E-state index contributed by atoms with van der Waals surface area (Å²) in [5, 5.41) is 0. The number of hydrogen-bond acceptors (Lipinski definition) is 4. The fourth-order valence-corrected chi connectivity index (χ4v) is 4.09. The Morgan fingerprint density at radius 1 is 1.17 bits per heavy atom. The number of thiophene rings is 1. The predicted molar refractivity (Wildman–Crippen MR) is 93.5 cm³/mol. The molecule has 0 unspecified atom stereocenters. The van der Waals surface area contributed by atoms with E-state index in [0.29, 0.717) is 0 Å². The molecular weight excluding hydrogens is 332 g/mol. The first-order valence-corrected chi connectivity index (χ1v) is 9.34. The van der Waals surface area contributed by atoms with Gasteiger partial charge in [-0.15, -0.1) is 11.3 Å². The maximum Gasteiger partial charge on any atom is 0.261 e. The zero-order valence-corrected chi connectivity index (χ0v) is 15.1. The molecule has 1 aromatic heterocycles. The Balaban J connectivity index is 2.44. The molecule has 0 saturated heterocycles. The highest BCUT2D eigenvalue weighted by Crippen LogP contribution is 2.36. The van der Waals surface area contributed by atoms with Crippen LogP contribution in [0.25, 0.3) is 0 Å². The van der Waals surface area contributed by atoms with Gasteiger partial charge in [-0.25, -0.2) is 8.42 Å². The SMILES string of the molecule is Cc1ccc(S(=O)(=O)Nc2cc(C(C)(C)C)sc2C(N)=O)cc1. The van der Waals surface area contributed by atoms with Crippen molar-refractivity contribution in [2.75, 3.05) is 4.72 Å². The Labute approximate surface area is 140 Å². The molecule has 0 spiro atoms. The number of carbonyl (C=O) groups excluding carboxylic acids is 1. The molecule has 1 aromatic carbocycles. The molecule has 2 aromatic rings. The normalized spacial score (nSPS) is 12.2. The third-order valence-corrected chi connectivity index (χ3v) is 6.23. The van der Waals surface area contributed by atoms with Gasteiger partial charge < -0.3 is 5.73 Å². The summed E-state index contributed by atoms with van der Waals surface area (Å²) in [6.07, 6.45) is 0. The van der Waals surface area contributed by atoms with Crippen molar-refractivity contribution in [2.24, 2.45) is 5.73 Å². The number of anilines is 1. The van der Waals surface area contributed by atoms with Crippen LogP contribution in [-0.2, 0) is 15.4 Å². The van der Waals surface area contributed by atoms with Crippen LogP contribution >= 0.6 is 11.3 Å². The van der Waals surface area contributed by atoms with Crippen molar-refractivity contribution in [3.8, 4) is 0 Å². The van der Waals surface area contributed by atoms with Crippen LogP contribution in [0.2, 0.25) is 0 Å². The van der Waals surface area contributed by atoms with Gasteiger partial charge in [0, 0.05) is 4.88 Å². The largest absolute Gasteiger partial charge is 0.365 e. The van der Waals surface area contributed by atoms with Gasteiger partial charge in [0.1, 0.15) is 4.88 Å². The Hall–Kier alpha value is -1.86. The average Bonchev–Trinajstić information content (AvgIpc) is 2.82. The number of hydrogen-bond donors (Lipinski definition) is 2. The smallest absolute Gasteiger partial charge is 0.261 e. The van der Waals surface area contributed by atoms with Crippen molar-refractivity contribution in [3.63, 3.8) is 0 Å². The lowest BCUT2D eigenvalue weighted by molar-refractivity contribution is 0.100. The van der Waals surface area contributed by atoms with Gasteiger partial charge in [0.05, 0.1) is 10.6 Å². The molecule has 0 radical (unpaired) electrons. The second-order valence-electron chi connectivity index (χ2n) is 6.39. The number of sulfonamides is 1. The molecule has 5 nitrogen and oxygen atoms in total. The summed E-state index contributed by atoms with van der Waals surface area (Å²) in [5.74, 6) is -0.646. The molecule has 23 heavy (non-hydrogen) atoms. The van der Waals surface area contributed by atoms with E-state index >= 15 is 0 Å². The number of carbonyl (C=O) groups is 1. The number of benzene rings is 1. The first-order valence-electron chi connectivity index (χ1n) is 7.04. The summed E-state index contributed by atoms with van der Waals surface area (Å²) >= 11 is 1.21. The molecule has 1 amide bonds. The van der Waals surface area contributed by atoms with Crippen molar-refractivity contribution in [3.05, 3.63) is 45.6 Å². The summed E-state index contributed by atoms with van der Waals surface area (Å²) < 4.78 is 27.5. The van der Waals surface area contributed by atoms with E-state index in [1.165, 1.54) is 23.5 Å². The standard InChI is InChI=1S/C16H20N2O3S2/c1-10-5-7-11(8-6-10)23(20,21)18-12-9-13(16(2,3)4)22-14(12)15(17)19/h5-9,18H,1-4H3,(H2,17,19). The summed E-state index contributed by atoms with van der Waals surface area (Å²) in [6, 6.07) is 8.17. The van der Waals surface area contributed by atoms with Crippen LogP contribution in [0.3, 0.4) is 0 Å². The van der Waals surface area contributed by atoms with Gasteiger partial charge in [0.25, 0.3) is 15.9 Å². The minimum atomic E-state index is -3.77. The van der Waals surface area contributed by atoms with Crippen molar-refractivity contribution in [2.45, 2.75) is 38.0 Å². The molecule has 0 aliphatic carbocycles. The third kappa shape index (κ3) is 3.92. The molecule has 0 bridgehead atoms. The van der Waals surface area contributed by atoms with E-state index < -0.39 is 15.9 Å². The number of aryl methyl sites for hydroxylation is 1. The summed E-state index contributed by atoms with van der Waals surface area (Å²) in [7, 11) is -3.77. The highest BCUT2D eigenvalue weighted by Gasteiger charge is 2.24. The number of nitrogens with two attached hydrogens (primary N) is 1. The maximum absolute atomic E-state index is 12.5. The Kier molecular flexibility index (Phi) is 4.54. The van der Waals surface area contributed by atoms with Crippen LogP contribution in [0.4, 0.5) is 5.69 Å². The lowest BCUT2D eigenvalue weighted by Crippen LogP contribution is -2.16. The molecule has 0 atom stereocenters. The van der Waals surface area contributed by atoms with Gasteiger partial charge in [-0.3, -0.25) is 9.52 Å². The molecule has 2 rings (SSSR count). The predicted octanol–water partition coefficient (Wildman–Crippen LogP) is 3.25. The van der Waals surface area contributed by atoms with E-state index in [9.17, 15) is 13.2 Å². The highest BCUT2D eigenvalue weighted by atomic mass is 32.2. The minimum Gasteiger partial charge on any atom is -0.365 e. The molecule has 1 heterocycles. The number of amides is 1. The molecule has 0 aliphatic heterocycles. The monoisotopic (exact) mass is 352 g/mol. The zero-order chi connectivity index (χ0) is 17.4. The fraction of sp³-hybridized carbons (Fsp3) is 0.312. The first kappa shape index (κ1) is 17.5. The second-order valence-corrected chi connectivity index (χ2v) is 9.12. The maximum atomic E-state index is 12.5. The Morgan fingerprint density at radius 2 is 1.74 bits per heavy atom. The lowest BCUT2D eigenvalue weighted by Gasteiger charge is -2.15. The third-order valence-electron chi connectivity index (χ3n) is 3.27. The summed E-state index contributed by atoms with van der Waals surface area (Å²) in [6.45, 7) is 7.84. The van der Waals surface area contributed by atoms with E-state index in [1.807, 2.05) is 27.7 Å². The molecule has 0 aliphatic rings. The van der Waals surface area contributed by atoms with Gasteiger partial charge in [-0.2, -0.15) is 0 Å². The van der Waals surface area contributed by atoms with E-state index in [-0.39, 0.29) is 20.9 Å². The molecule has 3 N–H and O–H groups in total. The van der Waals surface area contributed by atoms with Gasteiger partial charge in [0.2, 0.25) is 0 Å². The zero-order valence-electron chi connectivity index (χ0n) is 13.5. The van der Waals surface area contributed by atoms with Crippen molar-refractivity contribution >= 4 is 33.0 Å². The van der Waals surface area contributed by atoms with Crippen molar-refractivity contribution in [1.82, 2.24) is 0 Å². The highest BCUT2D eigenvalue weighted by molar-refractivity contribution is 7.92. The second kappa shape index (κ2) is 5.98. The number of nitrogens with one attached hydrogen (secondary N) is 1. The van der Waals surface area contributed by atoms with Gasteiger partial charge in [0.15, 0.2) is 0 Å². The van der Waals surface area contributed by atoms with E-state index in [2.05, 4.69) is 4.72 Å². The van der Waals surface area contributed by atoms with E-state index in [4.69, 9.17) is 5.73 Å². The quantitative estimate of drug-likeness (QED) is 0.885. The molecule has 0 saturated carbocycles. The van der Waals surface area contributed by atoms with Crippen molar-refractivity contribution in [1.29, 1.82) is 0 Å². The van der Waals surface area contributed by atoms with Gasteiger partial charge >= 0.3 is 0 Å². The topological polar surface area (TPSA) is 89.3 Å². The molecular formula is C16H20N2O3S2. The average molecular weight is 352 g/mol. The molecule has 7 heteroatoms. The first-order chi connectivity index (χ1) is 10.5. The van der Waals surface area contributed by atoms with Gasteiger partial charge in [-0.1, -0.05) is 38.5 Å². The van der Waals surface area contributed by atoms with Crippen LogP contribution in [0.5, 0.6) is 0 Å². The van der Waals surface area contributed by atoms with Crippen LogP contribution in [-0.4, -0.2) is 14.3 Å². The molecule has 0 fully saturated rings. The van der Waals surface area contributed by atoms with Crippen LogP contribution in [0.1, 0.15) is 40.9 Å². The van der Waals surface area contributed by atoms with Crippen molar-refractivity contribution < 1.29 is 13.2 Å².